The molecule has 0 bridgehead atoms. The van der Waals surface area contributed by atoms with Crippen molar-refractivity contribution >= 4 is 40.5 Å². The van der Waals surface area contributed by atoms with Gasteiger partial charge < -0.3 is 0 Å². The van der Waals surface area contributed by atoms with Gasteiger partial charge in [-0.15, -0.1) is 0 Å². The third-order valence-electron chi connectivity index (χ3n) is 4.28. The summed E-state index contributed by atoms with van der Waals surface area (Å²) in [4.78, 5) is 28.9. The molecule has 1 fully saturated rings. The van der Waals surface area contributed by atoms with Crippen molar-refractivity contribution in [2.45, 2.75) is 32.1 Å². The summed E-state index contributed by atoms with van der Waals surface area (Å²) < 4.78 is 0. The lowest BCUT2D eigenvalue weighted by atomic mass is 9.69. The Balaban J connectivity index is 2.17. The summed E-state index contributed by atoms with van der Waals surface area (Å²) in [5, 5.41) is 0.830. The van der Waals surface area contributed by atoms with Gasteiger partial charge in [0.25, 0.3) is 0 Å². The van der Waals surface area contributed by atoms with Crippen molar-refractivity contribution in [2.75, 3.05) is 0 Å². The Morgan fingerprint density at radius 2 is 1.82 bits per heavy atom. The van der Waals surface area contributed by atoms with Gasteiger partial charge in [-0.25, -0.2) is 4.99 Å². The van der Waals surface area contributed by atoms with Crippen LogP contribution in [-0.2, 0) is 9.59 Å². The lowest BCUT2D eigenvalue weighted by molar-refractivity contribution is -0.122. The van der Waals surface area contributed by atoms with Crippen molar-refractivity contribution in [1.82, 2.24) is 0 Å². The number of ketones is 2. The number of carbonyl (C=O) groups excluding carboxylic acids is 2. The maximum Gasteiger partial charge on any atom is 0.159 e. The molecule has 3 rings (SSSR count). The number of fused-ring (bicyclic) bond motifs is 1. The average molecular weight is 336 g/mol. The molecule has 1 heterocycles. The Morgan fingerprint density at radius 1 is 1.14 bits per heavy atom. The van der Waals surface area contributed by atoms with Gasteiger partial charge in [-0.05, 0) is 37.5 Å². The minimum atomic E-state index is -0.378. The van der Waals surface area contributed by atoms with Gasteiger partial charge in [-0.1, -0.05) is 35.3 Å². The molecule has 2 unspecified atom stereocenters. The second-order valence-electron chi connectivity index (χ2n) is 5.69. The van der Waals surface area contributed by atoms with Crippen molar-refractivity contribution in [3.8, 4) is 0 Å². The molecule has 0 spiro atoms. The summed E-state index contributed by atoms with van der Waals surface area (Å²) in [6.07, 6.45) is 2.07. The van der Waals surface area contributed by atoms with E-state index in [1.54, 1.807) is 12.1 Å². The minimum absolute atomic E-state index is 0.132. The summed E-state index contributed by atoms with van der Waals surface area (Å²) >= 11 is 12.2. The predicted octanol–water partition coefficient (Wildman–Crippen LogP) is 4.29. The Kier molecular flexibility index (Phi) is 4.20. The molecule has 0 radical (unpaired) electrons. The standard InChI is InChI=1S/C17H15Cl2NO2/c1-9(21)14-15(10-5-7-11(18)8-6-10)16-12(20-17(14)19)3-2-4-13(16)22/h5-8,15-16H,2-4H2,1H3. The molecule has 1 aromatic rings. The van der Waals surface area contributed by atoms with Crippen molar-refractivity contribution in [2.24, 2.45) is 10.9 Å². The fraction of sp³-hybridized carbons (Fsp3) is 0.353. The Morgan fingerprint density at radius 3 is 2.45 bits per heavy atom. The summed E-state index contributed by atoms with van der Waals surface area (Å²) in [6.45, 7) is 1.47. The first-order valence-electron chi connectivity index (χ1n) is 7.25. The van der Waals surface area contributed by atoms with E-state index in [2.05, 4.69) is 4.99 Å². The van der Waals surface area contributed by atoms with E-state index >= 15 is 0 Å². The number of hydrogen-bond donors (Lipinski definition) is 0. The second kappa shape index (κ2) is 5.98. The molecule has 1 saturated carbocycles. The van der Waals surface area contributed by atoms with Gasteiger partial charge in [0.2, 0.25) is 0 Å². The number of halogens is 2. The predicted molar refractivity (Wildman–Crippen MR) is 87.5 cm³/mol. The van der Waals surface area contributed by atoms with Crippen molar-refractivity contribution in [3.05, 3.63) is 45.6 Å². The number of Topliss-reactive ketones (excluding diaryl/α,β-unsaturated/α-hetero) is 2. The quantitative estimate of drug-likeness (QED) is 0.757. The van der Waals surface area contributed by atoms with E-state index in [1.165, 1.54) is 6.92 Å². The molecule has 2 atom stereocenters. The zero-order valence-corrected chi connectivity index (χ0v) is 13.6. The van der Waals surface area contributed by atoms with Gasteiger partial charge in [-0.2, -0.15) is 0 Å². The Hall–Kier alpha value is -1.45. The van der Waals surface area contributed by atoms with Crippen LogP contribution in [0.4, 0.5) is 0 Å². The van der Waals surface area contributed by atoms with E-state index in [1.807, 2.05) is 12.1 Å². The number of allylic oxidation sites excluding steroid dienone is 1. The smallest absolute Gasteiger partial charge is 0.159 e. The van der Waals surface area contributed by atoms with Crippen LogP contribution in [0.3, 0.4) is 0 Å². The Bertz CT molecular complexity index is 704. The summed E-state index contributed by atoms with van der Waals surface area (Å²) in [6, 6.07) is 7.23. The summed E-state index contributed by atoms with van der Waals surface area (Å²) in [5.74, 6) is -0.752. The number of hydrogen-bond acceptors (Lipinski definition) is 3. The molecule has 0 aromatic heterocycles. The molecule has 5 heteroatoms. The SMILES string of the molecule is CC(=O)C1=C(Cl)N=C2CCCC(=O)C2C1c1ccc(Cl)cc1. The van der Waals surface area contributed by atoms with Gasteiger partial charge in [0.05, 0.1) is 5.92 Å². The highest BCUT2D eigenvalue weighted by atomic mass is 35.5. The molecule has 22 heavy (non-hydrogen) atoms. The van der Waals surface area contributed by atoms with Crippen LogP contribution < -0.4 is 0 Å². The first-order valence-corrected chi connectivity index (χ1v) is 8.01. The molecule has 114 valence electrons. The van der Waals surface area contributed by atoms with E-state index < -0.39 is 0 Å². The highest BCUT2D eigenvalue weighted by Crippen LogP contribution is 2.43. The average Bonchev–Trinajstić information content (AvgIpc) is 2.46. The van der Waals surface area contributed by atoms with Crippen LogP contribution in [0.15, 0.2) is 40.0 Å². The molecule has 1 aliphatic heterocycles. The van der Waals surface area contributed by atoms with E-state index in [0.717, 1.165) is 24.1 Å². The van der Waals surface area contributed by atoms with Gasteiger partial charge >= 0.3 is 0 Å². The van der Waals surface area contributed by atoms with Gasteiger partial charge in [0.1, 0.15) is 10.9 Å². The molecule has 0 N–H and O–H groups in total. The highest BCUT2D eigenvalue weighted by molar-refractivity contribution is 6.33. The normalized spacial score (nSPS) is 24.9. The zero-order chi connectivity index (χ0) is 15.9. The highest BCUT2D eigenvalue weighted by Gasteiger charge is 2.42. The van der Waals surface area contributed by atoms with Crippen LogP contribution in [0.25, 0.3) is 0 Å². The van der Waals surface area contributed by atoms with E-state index in [0.29, 0.717) is 17.0 Å². The first kappa shape index (κ1) is 15.4. The van der Waals surface area contributed by atoms with Gasteiger partial charge in [-0.3, -0.25) is 9.59 Å². The van der Waals surface area contributed by atoms with Crippen LogP contribution in [0.2, 0.25) is 5.02 Å². The molecule has 1 aliphatic carbocycles. The molecule has 1 aromatic carbocycles. The fourth-order valence-corrected chi connectivity index (χ4v) is 3.80. The first-order chi connectivity index (χ1) is 10.5. The Labute approximate surface area is 139 Å². The van der Waals surface area contributed by atoms with Crippen LogP contribution >= 0.6 is 23.2 Å². The van der Waals surface area contributed by atoms with Crippen molar-refractivity contribution in [1.29, 1.82) is 0 Å². The molecule has 3 nitrogen and oxygen atoms in total. The molecular formula is C17H15Cl2NO2. The summed E-state index contributed by atoms with van der Waals surface area (Å²) in [5.41, 5.74) is 2.10. The fourth-order valence-electron chi connectivity index (χ4n) is 3.32. The maximum absolute atomic E-state index is 12.5. The molecule has 0 saturated heterocycles. The second-order valence-corrected chi connectivity index (χ2v) is 6.49. The number of rotatable bonds is 2. The van der Waals surface area contributed by atoms with Gasteiger partial charge in [0.15, 0.2) is 5.78 Å². The minimum Gasteiger partial charge on any atom is -0.299 e. The summed E-state index contributed by atoms with van der Waals surface area (Å²) in [7, 11) is 0. The van der Waals surface area contributed by atoms with E-state index in [4.69, 9.17) is 23.2 Å². The van der Waals surface area contributed by atoms with E-state index in [-0.39, 0.29) is 28.6 Å². The lowest BCUT2D eigenvalue weighted by Gasteiger charge is -2.35. The number of nitrogens with zero attached hydrogens (tertiary/aromatic N) is 1. The zero-order valence-electron chi connectivity index (χ0n) is 12.1. The topological polar surface area (TPSA) is 46.5 Å². The maximum atomic E-state index is 12.5. The van der Waals surface area contributed by atoms with Gasteiger partial charge in [0, 0.05) is 28.6 Å². The lowest BCUT2D eigenvalue weighted by Crippen LogP contribution is -2.38. The number of carbonyl (C=O) groups is 2. The van der Waals surface area contributed by atoms with E-state index in [9.17, 15) is 9.59 Å². The number of aliphatic imine (C=N–C) groups is 1. The monoisotopic (exact) mass is 335 g/mol. The van der Waals surface area contributed by atoms with Crippen molar-refractivity contribution in [3.63, 3.8) is 0 Å². The third kappa shape index (κ3) is 2.64. The molecule has 2 aliphatic rings. The molecule has 0 amide bonds. The number of benzene rings is 1. The van der Waals surface area contributed by atoms with Crippen LogP contribution in [-0.4, -0.2) is 17.3 Å². The molecular weight excluding hydrogens is 321 g/mol. The van der Waals surface area contributed by atoms with Crippen molar-refractivity contribution < 1.29 is 9.59 Å². The largest absolute Gasteiger partial charge is 0.299 e. The third-order valence-corrected chi connectivity index (χ3v) is 4.82. The van der Waals surface area contributed by atoms with Crippen LogP contribution in [0, 0.1) is 5.92 Å². The van der Waals surface area contributed by atoms with Crippen LogP contribution in [0.1, 0.15) is 37.7 Å². The van der Waals surface area contributed by atoms with Crippen LogP contribution in [0.5, 0.6) is 0 Å².